The quantitative estimate of drug-likeness (QED) is 0.417. The van der Waals surface area contributed by atoms with Crippen LogP contribution in [0, 0.1) is 5.82 Å². The van der Waals surface area contributed by atoms with Crippen molar-refractivity contribution in [3.63, 3.8) is 0 Å². The molecule has 0 aliphatic heterocycles. The summed E-state index contributed by atoms with van der Waals surface area (Å²) < 4.78 is 19.6. The molecule has 0 aliphatic rings. The first-order valence-electron chi connectivity index (χ1n) is 9.99. The van der Waals surface area contributed by atoms with E-state index < -0.39 is 0 Å². The van der Waals surface area contributed by atoms with Gasteiger partial charge in [-0.3, -0.25) is 4.79 Å². The first kappa shape index (κ1) is 21.0. The monoisotopic (exact) mass is 428 g/mol. The van der Waals surface area contributed by atoms with Crippen LogP contribution in [0.15, 0.2) is 84.9 Å². The number of hydrogen-bond acceptors (Lipinski definition) is 5. The van der Waals surface area contributed by atoms with Gasteiger partial charge in [-0.15, -0.1) is 5.10 Å². The number of allylic oxidation sites excluding steroid dienone is 1. The molecule has 0 fully saturated rings. The van der Waals surface area contributed by atoms with E-state index in [1.165, 1.54) is 22.9 Å². The van der Waals surface area contributed by atoms with Crippen LogP contribution in [0.25, 0.3) is 17.5 Å². The van der Waals surface area contributed by atoms with Crippen LogP contribution >= 0.6 is 0 Å². The fourth-order valence-corrected chi connectivity index (χ4v) is 3.03. The predicted octanol–water partition coefficient (Wildman–Crippen LogP) is 5.06. The molecule has 0 atom stereocenters. The molecule has 0 saturated carbocycles. The molecule has 0 saturated heterocycles. The highest BCUT2D eigenvalue weighted by Gasteiger charge is 2.16. The van der Waals surface area contributed by atoms with E-state index in [1.807, 2.05) is 42.5 Å². The van der Waals surface area contributed by atoms with Gasteiger partial charge in [0.05, 0.1) is 7.11 Å². The van der Waals surface area contributed by atoms with Crippen LogP contribution in [-0.2, 0) is 6.54 Å². The Labute approximate surface area is 185 Å². The molecule has 1 aromatic heterocycles. The van der Waals surface area contributed by atoms with Crippen molar-refractivity contribution in [1.82, 2.24) is 14.8 Å². The summed E-state index contributed by atoms with van der Waals surface area (Å²) in [5.74, 6) is 0.756. The van der Waals surface area contributed by atoms with Gasteiger partial charge in [0.15, 0.2) is 5.82 Å². The lowest BCUT2D eigenvalue weighted by Crippen LogP contribution is -2.14. The molecule has 4 rings (SSSR count). The second kappa shape index (κ2) is 9.70. The van der Waals surface area contributed by atoms with E-state index in [4.69, 9.17) is 4.74 Å². The van der Waals surface area contributed by atoms with Crippen LogP contribution < -0.4 is 10.1 Å². The first-order chi connectivity index (χ1) is 15.6. The summed E-state index contributed by atoms with van der Waals surface area (Å²) in [6.45, 7) is 0.358. The third-order valence-electron chi connectivity index (χ3n) is 4.75. The zero-order valence-corrected chi connectivity index (χ0v) is 17.4. The number of carbonyl (C=O) groups excluding carboxylic acids is 1. The number of benzene rings is 3. The highest BCUT2D eigenvalue weighted by atomic mass is 19.1. The number of nitrogens with zero attached hydrogens (tertiary/aromatic N) is 3. The molecule has 1 heterocycles. The van der Waals surface area contributed by atoms with Crippen LogP contribution in [0.2, 0.25) is 0 Å². The Morgan fingerprint density at radius 3 is 2.44 bits per heavy atom. The Morgan fingerprint density at radius 2 is 1.75 bits per heavy atom. The number of hydrogen-bond donors (Lipinski definition) is 1. The second-order valence-electron chi connectivity index (χ2n) is 6.96. The van der Waals surface area contributed by atoms with Gasteiger partial charge in [0.1, 0.15) is 11.6 Å². The average Bonchev–Trinajstić information content (AvgIpc) is 3.27. The summed E-state index contributed by atoms with van der Waals surface area (Å²) >= 11 is 0. The zero-order chi connectivity index (χ0) is 22.3. The van der Waals surface area contributed by atoms with Crippen LogP contribution in [0.3, 0.4) is 0 Å². The first-order valence-corrected chi connectivity index (χ1v) is 9.99. The topological polar surface area (TPSA) is 69.0 Å². The minimum Gasteiger partial charge on any atom is -0.497 e. The molecule has 3 aromatic carbocycles. The molecule has 1 N–H and O–H groups in total. The van der Waals surface area contributed by atoms with Gasteiger partial charge >= 0.3 is 0 Å². The van der Waals surface area contributed by atoms with Crippen molar-refractivity contribution in [3.8, 4) is 17.1 Å². The molecule has 0 unspecified atom stereocenters. The van der Waals surface area contributed by atoms with Crippen molar-refractivity contribution in [2.75, 3.05) is 12.4 Å². The molecule has 0 amide bonds. The summed E-state index contributed by atoms with van der Waals surface area (Å²) in [7, 11) is 1.59. The van der Waals surface area contributed by atoms with Gasteiger partial charge in [-0.2, -0.15) is 9.67 Å². The van der Waals surface area contributed by atoms with Gasteiger partial charge in [0.2, 0.25) is 5.95 Å². The zero-order valence-electron chi connectivity index (χ0n) is 17.4. The molecule has 4 aromatic rings. The molecule has 6 nitrogen and oxygen atoms in total. The molecule has 0 aliphatic carbocycles. The summed E-state index contributed by atoms with van der Waals surface area (Å²) in [4.78, 5) is 17.4. The highest BCUT2D eigenvalue weighted by molar-refractivity contribution is 5.94. The molecule has 0 radical (unpaired) electrons. The van der Waals surface area contributed by atoms with Crippen molar-refractivity contribution in [2.45, 2.75) is 6.54 Å². The molecular formula is C25H21FN4O2. The molecular weight excluding hydrogens is 407 g/mol. The molecule has 160 valence electrons. The second-order valence-corrected chi connectivity index (χ2v) is 6.96. The number of aromatic nitrogens is 3. The average molecular weight is 428 g/mol. The summed E-state index contributed by atoms with van der Waals surface area (Å²) in [6, 6.07) is 22.9. The number of methoxy groups -OCH3 is 1. The van der Waals surface area contributed by atoms with Gasteiger partial charge in [-0.25, -0.2) is 4.39 Å². The van der Waals surface area contributed by atoms with E-state index >= 15 is 0 Å². The highest BCUT2D eigenvalue weighted by Crippen LogP contribution is 2.22. The van der Waals surface area contributed by atoms with E-state index in [-0.39, 0.29) is 11.7 Å². The van der Waals surface area contributed by atoms with Crippen LogP contribution in [-0.4, -0.2) is 27.8 Å². The van der Waals surface area contributed by atoms with Crippen molar-refractivity contribution < 1.29 is 13.9 Å². The largest absolute Gasteiger partial charge is 0.497 e. The standard InChI is InChI=1S/C25H21FN4O2/c1-32-22-14-10-20(11-15-22)24-28-25(27-17-19-7-12-21(26)13-8-19)30(29-24)23(31)16-9-18-5-3-2-4-6-18/h2-16H,17H2,1H3,(H,27,28,29). The summed E-state index contributed by atoms with van der Waals surface area (Å²) in [5, 5.41) is 7.54. The van der Waals surface area contributed by atoms with Gasteiger partial charge in [0, 0.05) is 18.2 Å². The lowest BCUT2D eigenvalue weighted by atomic mass is 10.2. The van der Waals surface area contributed by atoms with E-state index in [9.17, 15) is 9.18 Å². The minimum atomic E-state index is -0.345. The van der Waals surface area contributed by atoms with Gasteiger partial charge in [0.25, 0.3) is 5.91 Å². The third-order valence-corrected chi connectivity index (χ3v) is 4.75. The number of ether oxygens (including phenoxy) is 1. The van der Waals surface area contributed by atoms with Crippen LogP contribution in [0.5, 0.6) is 5.75 Å². The maximum absolute atomic E-state index is 13.2. The third kappa shape index (κ3) is 5.07. The van der Waals surface area contributed by atoms with Crippen LogP contribution in [0.1, 0.15) is 15.9 Å². The number of anilines is 1. The molecule has 32 heavy (non-hydrogen) atoms. The van der Waals surface area contributed by atoms with E-state index in [1.54, 1.807) is 37.5 Å². The van der Waals surface area contributed by atoms with Gasteiger partial charge in [-0.05, 0) is 53.6 Å². The fraction of sp³-hybridized carbons (Fsp3) is 0.0800. The minimum absolute atomic E-state index is 0.294. The lowest BCUT2D eigenvalue weighted by molar-refractivity contribution is 0.0957. The Kier molecular flexibility index (Phi) is 6.36. The number of halogens is 1. The van der Waals surface area contributed by atoms with Crippen molar-refractivity contribution in [1.29, 1.82) is 0 Å². The lowest BCUT2D eigenvalue weighted by Gasteiger charge is -2.06. The number of rotatable bonds is 7. The number of nitrogens with one attached hydrogen (secondary N) is 1. The Hall–Kier alpha value is -4.26. The Morgan fingerprint density at radius 1 is 1.03 bits per heavy atom. The van der Waals surface area contributed by atoms with Crippen molar-refractivity contribution >= 4 is 17.9 Å². The molecule has 0 spiro atoms. The van der Waals surface area contributed by atoms with E-state index in [0.717, 1.165) is 16.7 Å². The Balaban J connectivity index is 1.62. The maximum atomic E-state index is 13.2. The van der Waals surface area contributed by atoms with Crippen molar-refractivity contribution in [2.24, 2.45) is 0 Å². The summed E-state index contributed by atoms with van der Waals surface area (Å²) in [6.07, 6.45) is 3.17. The maximum Gasteiger partial charge on any atom is 0.274 e. The van der Waals surface area contributed by atoms with Gasteiger partial charge in [-0.1, -0.05) is 42.5 Å². The van der Waals surface area contributed by atoms with Crippen LogP contribution in [0.4, 0.5) is 10.3 Å². The van der Waals surface area contributed by atoms with Crippen molar-refractivity contribution in [3.05, 3.63) is 102 Å². The SMILES string of the molecule is COc1ccc(-c2nc(NCc3ccc(F)cc3)n(C(=O)C=Cc3ccccc3)n2)cc1. The Bertz CT molecular complexity index is 1220. The molecule has 0 bridgehead atoms. The normalized spacial score (nSPS) is 10.9. The summed E-state index contributed by atoms with van der Waals surface area (Å²) in [5.41, 5.74) is 2.49. The van der Waals surface area contributed by atoms with Gasteiger partial charge < -0.3 is 10.1 Å². The smallest absolute Gasteiger partial charge is 0.274 e. The van der Waals surface area contributed by atoms with E-state index in [2.05, 4.69) is 15.4 Å². The molecule has 7 heteroatoms. The number of carbonyl (C=O) groups is 1. The predicted molar refractivity (Wildman–Crippen MR) is 122 cm³/mol. The fourth-order valence-electron chi connectivity index (χ4n) is 3.03. The van der Waals surface area contributed by atoms with E-state index in [0.29, 0.717) is 24.1 Å².